The van der Waals surface area contributed by atoms with Crippen molar-refractivity contribution in [1.82, 2.24) is 10.2 Å². The third kappa shape index (κ3) is 2.70. The number of carbonyl (C=O) groups excluding carboxylic acids is 1. The molecule has 1 aromatic heterocycles. The fourth-order valence-corrected chi connectivity index (χ4v) is 2.94. The molecule has 0 radical (unpaired) electrons. The number of carbonyl (C=O) groups is 1. The van der Waals surface area contributed by atoms with Crippen molar-refractivity contribution in [2.24, 2.45) is 11.1 Å². The standard InChI is InChI=1S/C14H22N4O2/c15-9-14(7-3-1-2-4-8-14)12(19)16-13-18-17-11(20-13)10-5-6-10/h10H,1-9,15H2,(H,16,18,19). The second-order valence-corrected chi connectivity index (χ2v) is 6.07. The van der Waals surface area contributed by atoms with E-state index < -0.39 is 5.41 Å². The number of hydrogen-bond acceptors (Lipinski definition) is 5. The molecule has 1 amide bonds. The Morgan fingerprint density at radius 1 is 1.25 bits per heavy atom. The zero-order chi connectivity index (χ0) is 14.0. The van der Waals surface area contributed by atoms with Gasteiger partial charge in [0.15, 0.2) is 0 Å². The zero-order valence-corrected chi connectivity index (χ0v) is 11.7. The average Bonchev–Trinajstić information content (AvgIpc) is 3.25. The maximum absolute atomic E-state index is 12.5. The summed E-state index contributed by atoms with van der Waals surface area (Å²) >= 11 is 0. The molecule has 1 heterocycles. The molecule has 0 saturated heterocycles. The lowest BCUT2D eigenvalue weighted by molar-refractivity contribution is -0.126. The van der Waals surface area contributed by atoms with Crippen LogP contribution in [-0.2, 0) is 4.79 Å². The van der Waals surface area contributed by atoms with Crippen LogP contribution in [-0.4, -0.2) is 22.6 Å². The van der Waals surface area contributed by atoms with Gasteiger partial charge < -0.3 is 10.2 Å². The third-order valence-corrected chi connectivity index (χ3v) is 4.52. The molecule has 2 aliphatic carbocycles. The van der Waals surface area contributed by atoms with E-state index in [1.165, 1.54) is 12.8 Å². The molecule has 110 valence electrons. The van der Waals surface area contributed by atoms with E-state index in [9.17, 15) is 4.79 Å². The van der Waals surface area contributed by atoms with Crippen LogP contribution in [0, 0.1) is 5.41 Å². The van der Waals surface area contributed by atoms with Crippen LogP contribution < -0.4 is 11.1 Å². The minimum atomic E-state index is -0.468. The molecule has 3 N–H and O–H groups in total. The van der Waals surface area contributed by atoms with Crippen LogP contribution in [0.15, 0.2) is 4.42 Å². The van der Waals surface area contributed by atoms with Crippen molar-refractivity contribution >= 4 is 11.9 Å². The van der Waals surface area contributed by atoms with Crippen molar-refractivity contribution < 1.29 is 9.21 Å². The Bertz CT molecular complexity index is 473. The van der Waals surface area contributed by atoms with Crippen molar-refractivity contribution in [3.05, 3.63) is 5.89 Å². The molecule has 0 bridgehead atoms. The van der Waals surface area contributed by atoms with Gasteiger partial charge in [0, 0.05) is 12.5 Å². The van der Waals surface area contributed by atoms with Gasteiger partial charge in [0.2, 0.25) is 11.8 Å². The summed E-state index contributed by atoms with van der Waals surface area (Å²) in [7, 11) is 0. The highest BCUT2D eigenvalue weighted by molar-refractivity contribution is 5.93. The lowest BCUT2D eigenvalue weighted by Gasteiger charge is -2.28. The van der Waals surface area contributed by atoms with Gasteiger partial charge in [-0.3, -0.25) is 10.1 Å². The molecular weight excluding hydrogens is 256 g/mol. The van der Waals surface area contributed by atoms with Crippen molar-refractivity contribution in [1.29, 1.82) is 0 Å². The number of nitrogens with zero attached hydrogens (tertiary/aromatic N) is 2. The second-order valence-electron chi connectivity index (χ2n) is 6.07. The summed E-state index contributed by atoms with van der Waals surface area (Å²) in [5.41, 5.74) is 5.43. The van der Waals surface area contributed by atoms with E-state index in [1.54, 1.807) is 0 Å². The summed E-state index contributed by atoms with van der Waals surface area (Å²) in [5.74, 6) is 0.977. The minimum Gasteiger partial charge on any atom is -0.408 e. The van der Waals surface area contributed by atoms with Crippen molar-refractivity contribution in [3.63, 3.8) is 0 Å². The fraction of sp³-hybridized carbons (Fsp3) is 0.786. The van der Waals surface area contributed by atoms with Gasteiger partial charge in [0.1, 0.15) is 0 Å². The Morgan fingerprint density at radius 2 is 1.95 bits per heavy atom. The van der Waals surface area contributed by atoms with Crippen LogP contribution in [0.5, 0.6) is 0 Å². The van der Waals surface area contributed by atoms with Crippen LogP contribution >= 0.6 is 0 Å². The van der Waals surface area contributed by atoms with E-state index in [0.29, 0.717) is 18.4 Å². The van der Waals surface area contributed by atoms with Gasteiger partial charge in [-0.25, -0.2) is 0 Å². The lowest BCUT2D eigenvalue weighted by Crippen LogP contribution is -2.42. The Kier molecular flexibility index (Phi) is 3.74. The first-order chi connectivity index (χ1) is 9.73. The molecule has 6 nitrogen and oxygen atoms in total. The summed E-state index contributed by atoms with van der Waals surface area (Å²) in [6.07, 6.45) is 8.37. The molecule has 0 spiro atoms. The quantitative estimate of drug-likeness (QED) is 0.823. The summed E-state index contributed by atoms with van der Waals surface area (Å²) < 4.78 is 5.49. The smallest absolute Gasteiger partial charge is 0.322 e. The van der Waals surface area contributed by atoms with E-state index in [-0.39, 0.29) is 11.9 Å². The highest BCUT2D eigenvalue weighted by Gasteiger charge is 2.38. The van der Waals surface area contributed by atoms with Crippen molar-refractivity contribution in [3.8, 4) is 0 Å². The molecule has 0 aliphatic heterocycles. The van der Waals surface area contributed by atoms with Crippen LogP contribution in [0.25, 0.3) is 0 Å². The van der Waals surface area contributed by atoms with E-state index in [4.69, 9.17) is 10.2 Å². The normalized spacial score (nSPS) is 22.2. The van der Waals surface area contributed by atoms with Gasteiger partial charge in [-0.15, -0.1) is 5.10 Å². The maximum atomic E-state index is 12.5. The maximum Gasteiger partial charge on any atom is 0.322 e. The monoisotopic (exact) mass is 278 g/mol. The number of anilines is 1. The molecule has 1 aromatic rings. The largest absolute Gasteiger partial charge is 0.408 e. The van der Waals surface area contributed by atoms with Crippen molar-refractivity contribution in [2.45, 2.75) is 57.3 Å². The number of amides is 1. The van der Waals surface area contributed by atoms with E-state index in [1.807, 2.05) is 0 Å². The van der Waals surface area contributed by atoms with Gasteiger partial charge in [-0.2, -0.15) is 0 Å². The van der Waals surface area contributed by atoms with E-state index in [2.05, 4.69) is 15.5 Å². The number of hydrogen-bond donors (Lipinski definition) is 2. The van der Waals surface area contributed by atoms with Crippen LogP contribution in [0.4, 0.5) is 6.01 Å². The van der Waals surface area contributed by atoms with E-state index in [0.717, 1.165) is 38.5 Å². The molecule has 2 saturated carbocycles. The zero-order valence-electron chi connectivity index (χ0n) is 11.7. The summed E-state index contributed by atoms with van der Waals surface area (Å²) in [4.78, 5) is 12.5. The van der Waals surface area contributed by atoms with Crippen molar-refractivity contribution in [2.75, 3.05) is 11.9 Å². The molecule has 2 aliphatic rings. The first kappa shape index (κ1) is 13.5. The first-order valence-corrected chi connectivity index (χ1v) is 7.58. The average molecular weight is 278 g/mol. The van der Waals surface area contributed by atoms with Gasteiger partial charge in [0.25, 0.3) is 0 Å². The van der Waals surface area contributed by atoms with Crippen LogP contribution in [0.3, 0.4) is 0 Å². The SMILES string of the molecule is NCC1(C(=O)Nc2nnc(C3CC3)o2)CCCCCC1. The Labute approximate surface area is 118 Å². The topological polar surface area (TPSA) is 94.0 Å². The van der Waals surface area contributed by atoms with Gasteiger partial charge in [-0.05, 0) is 25.7 Å². The molecule has 0 unspecified atom stereocenters. The number of aromatic nitrogens is 2. The van der Waals surface area contributed by atoms with Gasteiger partial charge in [0.05, 0.1) is 5.41 Å². The minimum absolute atomic E-state index is 0.0621. The third-order valence-electron chi connectivity index (χ3n) is 4.52. The first-order valence-electron chi connectivity index (χ1n) is 7.58. The molecule has 3 rings (SSSR count). The summed E-state index contributed by atoms with van der Waals surface area (Å²) in [6.45, 7) is 0.377. The predicted octanol–water partition coefficient (Wildman–Crippen LogP) is 2.18. The number of rotatable bonds is 4. The summed E-state index contributed by atoms with van der Waals surface area (Å²) in [5, 5.41) is 10.7. The Balaban J connectivity index is 1.68. The van der Waals surface area contributed by atoms with Crippen LogP contribution in [0.2, 0.25) is 0 Å². The highest BCUT2D eigenvalue weighted by atomic mass is 16.4. The molecule has 0 atom stereocenters. The Morgan fingerprint density at radius 3 is 2.55 bits per heavy atom. The molecule has 20 heavy (non-hydrogen) atoms. The van der Waals surface area contributed by atoms with Gasteiger partial charge in [-0.1, -0.05) is 30.8 Å². The Hall–Kier alpha value is -1.43. The molecule has 2 fully saturated rings. The van der Waals surface area contributed by atoms with Gasteiger partial charge >= 0.3 is 6.01 Å². The second kappa shape index (κ2) is 5.52. The molecule has 6 heteroatoms. The van der Waals surface area contributed by atoms with Crippen LogP contribution in [0.1, 0.15) is 63.2 Å². The lowest BCUT2D eigenvalue weighted by atomic mass is 9.79. The number of nitrogens with two attached hydrogens (primary N) is 1. The fourth-order valence-electron chi connectivity index (χ4n) is 2.94. The number of nitrogens with one attached hydrogen (secondary N) is 1. The summed E-state index contributed by atoms with van der Waals surface area (Å²) in [6, 6.07) is 0.217. The predicted molar refractivity (Wildman–Crippen MR) is 74.1 cm³/mol. The molecule has 0 aromatic carbocycles. The molecular formula is C14H22N4O2. The highest BCUT2D eigenvalue weighted by Crippen LogP contribution is 2.40. The van der Waals surface area contributed by atoms with E-state index >= 15 is 0 Å².